The lowest BCUT2D eigenvalue weighted by atomic mass is 9.77. The lowest BCUT2D eigenvalue weighted by Crippen LogP contribution is -2.17. The Labute approximate surface area is 122 Å². The molecule has 1 aromatic carbocycles. The molecule has 0 unspecified atom stereocenters. The molecule has 0 radical (unpaired) electrons. The van der Waals surface area contributed by atoms with E-state index in [4.69, 9.17) is 4.11 Å². The smallest absolute Gasteiger partial charge is 0.406 e. The summed E-state index contributed by atoms with van der Waals surface area (Å²) in [6.07, 6.45) is 1.11. The maximum absolute atomic E-state index is 12.4. The Bertz CT molecular complexity index is 552. The van der Waals surface area contributed by atoms with Crippen LogP contribution in [0.25, 0.3) is 0 Å². The van der Waals surface area contributed by atoms with Crippen molar-refractivity contribution in [2.45, 2.75) is 57.7 Å². The minimum absolute atomic E-state index is 0.0451. The first kappa shape index (κ1) is 11.5. The summed E-state index contributed by atoms with van der Waals surface area (Å²) in [5.41, 5.74) is 0.504. The first-order valence-electron chi connectivity index (χ1n) is 8.59. The van der Waals surface area contributed by atoms with Crippen molar-refractivity contribution in [3.8, 4) is 5.75 Å². The van der Waals surface area contributed by atoms with E-state index < -0.39 is 24.2 Å². The van der Waals surface area contributed by atoms with Crippen molar-refractivity contribution in [3.63, 3.8) is 0 Å². The van der Waals surface area contributed by atoms with Gasteiger partial charge in [-0.05, 0) is 55.2 Å². The van der Waals surface area contributed by atoms with Crippen molar-refractivity contribution in [1.82, 2.24) is 0 Å². The van der Waals surface area contributed by atoms with Gasteiger partial charge in [0.15, 0.2) is 0 Å². The molecule has 0 N–H and O–H groups in total. The Hall–Kier alpha value is -1.19. The predicted octanol–water partition coefficient (Wildman–Crippen LogP) is 5.66. The van der Waals surface area contributed by atoms with Gasteiger partial charge in [-0.1, -0.05) is 31.9 Å². The lowest BCUT2D eigenvalue weighted by molar-refractivity contribution is -0.274. The van der Waals surface area contributed by atoms with Crippen molar-refractivity contribution in [1.29, 1.82) is 0 Å². The molecule has 0 bridgehead atoms. The van der Waals surface area contributed by atoms with Crippen molar-refractivity contribution >= 4 is 0 Å². The molecule has 1 aliphatic carbocycles. The van der Waals surface area contributed by atoms with Crippen LogP contribution in [0.4, 0.5) is 13.2 Å². The van der Waals surface area contributed by atoms with E-state index in [2.05, 4.69) is 11.7 Å². The van der Waals surface area contributed by atoms with Crippen molar-refractivity contribution in [2.75, 3.05) is 0 Å². The Kier molecular flexibility index (Phi) is 3.73. The number of alkyl halides is 3. The summed E-state index contributed by atoms with van der Waals surface area (Å²) >= 11 is 0. The summed E-state index contributed by atoms with van der Waals surface area (Å²) in [6.45, 7) is 2.14. The van der Waals surface area contributed by atoms with E-state index in [1.807, 2.05) is 0 Å². The molecule has 0 atom stereocenters. The highest BCUT2D eigenvalue weighted by Crippen LogP contribution is 2.38. The molecule has 0 aliphatic heterocycles. The van der Waals surface area contributed by atoms with Crippen LogP contribution >= 0.6 is 0 Å². The molecule has 2 rings (SSSR count). The SMILES string of the molecule is [2H]c1cc(C2CCC(CCC)CC2)c([2H])c([2H])c1OC(F)(F)F. The average Bonchev–Trinajstić information content (AvgIpc) is 2.48. The molecule has 20 heavy (non-hydrogen) atoms. The zero-order valence-electron chi connectivity index (χ0n) is 14.5. The van der Waals surface area contributed by atoms with E-state index in [1.165, 1.54) is 12.5 Å². The normalized spacial score (nSPS) is 25.7. The minimum atomic E-state index is -4.96. The van der Waals surface area contributed by atoms with Gasteiger partial charge in [-0.3, -0.25) is 0 Å². The number of hydrogen-bond acceptors (Lipinski definition) is 1. The highest BCUT2D eigenvalue weighted by Gasteiger charge is 2.31. The first-order valence-corrected chi connectivity index (χ1v) is 7.09. The van der Waals surface area contributed by atoms with Crippen molar-refractivity contribution in [2.24, 2.45) is 5.92 Å². The van der Waals surface area contributed by atoms with Crippen LogP contribution in [-0.2, 0) is 0 Å². The third-order valence-corrected chi connectivity index (χ3v) is 3.88. The van der Waals surface area contributed by atoms with E-state index in [9.17, 15) is 13.2 Å². The lowest BCUT2D eigenvalue weighted by Gasteiger charge is -2.28. The first-order chi connectivity index (χ1) is 10.7. The van der Waals surface area contributed by atoms with Crippen LogP contribution in [0.5, 0.6) is 5.75 Å². The Morgan fingerprint density at radius 3 is 2.50 bits per heavy atom. The van der Waals surface area contributed by atoms with Gasteiger partial charge in [-0.15, -0.1) is 13.2 Å². The molecule has 1 aliphatic rings. The fraction of sp³-hybridized carbons (Fsp3) is 0.625. The fourth-order valence-electron chi connectivity index (χ4n) is 2.91. The van der Waals surface area contributed by atoms with Crippen LogP contribution < -0.4 is 4.74 Å². The van der Waals surface area contributed by atoms with Crippen LogP contribution in [-0.4, -0.2) is 6.36 Å². The van der Waals surface area contributed by atoms with Crippen LogP contribution in [0.3, 0.4) is 0 Å². The highest BCUT2D eigenvalue weighted by atomic mass is 19.4. The highest BCUT2D eigenvalue weighted by molar-refractivity contribution is 5.29. The number of benzene rings is 1. The van der Waals surface area contributed by atoms with E-state index in [0.717, 1.165) is 32.1 Å². The third-order valence-electron chi connectivity index (χ3n) is 3.88. The molecule has 1 fully saturated rings. The standard InChI is InChI=1S/C16H21F3O/c1-2-3-12-4-6-13(7-5-12)14-8-10-15(11-9-14)20-16(17,18)19/h8-13H,2-7H2,1H3/i8D,10D,11D. The van der Waals surface area contributed by atoms with E-state index in [0.29, 0.717) is 11.5 Å². The van der Waals surface area contributed by atoms with Crippen LogP contribution in [0, 0.1) is 5.92 Å². The van der Waals surface area contributed by atoms with Gasteiger partial charge in [0.05, 0.1) is 4.11 Å². The van der Waals surface area contributed by atoms with E-state index in [1.54, 1.807) is 0 Å². The summed E-state index contributed by atoms with van der Waals surface area (Å²) in [4.78, 5) is 0. The third kappa shape index (κ3) is 4.43. The van der Waals surface area contributed by atoms with Crippen molar-refractivity contribution < 1.29 is 22.0 Å². The topological polar surface area (TPSA) is 9.23 Å². The number of rotatable bonds is 4. The molecular formula is C16H21F3O. The second kappa shape index (κ2) is 6.51. The Balaban J connectivity index is 2.22. The van der Waals surface area contributed by atoms with Gasteiger partial charge in [0.1, 0.15) is 5.75 Å². The second-order valence-corrected chi connectivity index (χ2v) is 5.38. The second-order valence-electron chi connectivity index (χ2n) is 5.38. The van der Waals surface area contributed by atoms with Gasteiger partial charge < -0.3 is 4.74 Å². The Morgan fingerprint density at radius 2 is 1.90 bits per heavy atom. The van der Waals surface area contributed by atoms with Gasteiger partial charge in [0.2, 0.25) is 0 Å². The summed E-state index contributed by atoms with van der Waals surface area (Å²) in [5.74, 6) is -0.168. The zero-order valence-corrected chi connectivity index (χ0v) is 11.5. The van der Waals surface area contributed by atoms with Gasteiger partial charge in [-0.25, -0.2) is 0 Å². The molecule has 0 spiro atoms. The van der Waals surface area contributed by atoms with Gasteiger partial charge in [0, 0.05) is 0 Å². The number of hydrogen-bond donors (Lipinski definition) is 0. The Morgan fingerprint density at radius 1 is 1.20 bits per heavy atom. The maximum Gasteiger partial charge on any atom is 0.573 e. The van der Waals surface area contributed by atoms with Crippen LogP contribution in [0.2, 0.25) is 0 Å². The fourth-order valence-corrected chi connectivity index (χ4v) is 2.91. The van der Waals surface area contributed by atoms with Crippen molar-refractivity contribution in [3.05, 3.63) is 29.8 Å². The molecule has 1 saturated carbocycles. The average molecular weight is 289 g/mol. The summed E-state index contributed by atoms with van der Waals surface area (Å²) in [6, 6.07) is -0.111. The molecule has 1 aromatic rings. The van der Waals surface area contributed by atoms with E-state index in [-0.39, 0.29) is 12.0 Å². The summed E-state index contributed by atoms with van der Waals surface area (Å²) in [5, 5.41) is 0. The zero-order chi connectivity index (χ0) is 17.2. The molecule has 1 nitrogen and oxygen atoms in total. The largest absolute Gasteiger partial charge is 0.573 e. The minimum Gasteiger partial charge on any atom is -0.406 e. The van der Waals surface area contributed by atoms with E-state index >= 15 is 0 Å². The van der Waals surface area contributed by atoms with Crippen LogP contribution in [0.15, 0.2) is 24.2 Å². The molecule has 0 heterocycles. The molecular weight excluding hydrogens is 265 g/mol. The monoisotopic (exact) mass is 289 g/mol. The van der Waals surface area contributed by atoms with Gasteiger partial charge in [0.25, 0.3) is 0 Å². The quantitative estimate of drug-likeness (QED) is 0.695. The van der Waals surface area contributed by atoms with Crippen LogP contribution in [0.1, 0.15) is 61.0 Å². The molecule has 0 aromatic heterocycles. The predicted molar refractivity (Wildman–Crippen MR) is 72.7 cm³/mol. The summed E-state index contributed by atoms with van der Waals surface area (Å²) in [7, 11) is 0. The number of ether oxygens (including phenoxy) is 1. The molecule has 0 amide bonds. The maximum atomic E-state index is 12.4. The molecule has 112 valence electrons. The molecule has 4 heteroatoms. The van der Waals surface area contributed by atoms with Gasteiger partial charge >= 0.3 is 6.36 Å². The van der Waals surface area contributed by atoms with Gasteiger partial charge in [-0.2, -0.15) is 0 Å². The number of halogens is 3. The summed E-state index contributed by atoms with van der Waals surface area (Å²) < 4.78 is 64.3. The molecule has 0 saturated heterocycles.